The van der Waals surface area contributed by atoms with Gasteiger partial charge in [-0.25, -0.2) is 4.98 Å². The molecule has 0 saturated carbocycles. The Labute approximate surface area is 132 Å². The number of halogens is 1. The summed E-state index contributed by atoms with van der Waals surface area (Å²) in [4.78, 5) is 4.62. The second kappa shape index (κ2) is 5.92. The van der Waals surface area contributed by atoms with E-state index in [9.17, 15) is 0 Å². The van der Waals surface area contributed by atoms with Gasteiger partial charge >= 0.3 is 0 Å². The fourth-order valence-corrected chi connectivity index (χ4v) is 3.38. The number of nitrogens with one attached hydrogen (secondary N) is 1. The lowest BCUT2D eigenvalue weighted by molar-refractivity contribution is 0.419. The number of nitrogens with zero attached hydrogens (tertiary/aromatic N) is 1. The molecule has 0 radical (unpaired) electrons. The van der Waals surface area contributed by atoms with Crippen LogP contribution in [0.1, 0.15) is 11.1 Å². The SMILES string of the molecule is COc1cc(Cl)c(C)c2sc(NCc3ccccc3)nc12. The predicted octanol–water partition coefficient (Wildman–Crippen LogP) is 4.88. The molecule has 0 aliphatic heterocycles. The molecule has 0 spiro atoms. The van der Waals surface area contributed by atoms with Crippen LogP contribution in [-0.2, 0) is 6.54 Å². The molecule has 0 unspecified atom stereocenters. The Kier molecular flexibility index (Phi) is 3.99. The van der Waals surface area contributed by atoms with Gasteiger partial charge in [-0.2, -0.15) is 0 Å². The number of methoxy groups -OCH3 is 1. The van der Waals surface area contributed by atoms with E-state index in [-0.39, 0.29) is 0 Å². The Hall–Kier alpha value is -1.78. The molecule has 0 aliphatic carbocycles. The monoisotopic (exact) mass is 318 g/mol. The van der Waals surface area contributed by atoms with Crippen molar-refractivity contribution >= 4 is 38.3 Å². The maximum atomic E-state index is 6.23. The molecule has 0 atom stereocenters. The molecule has 3 nitrogen and oxygen atoms in total. The Balaban J connectivity index is 1.92. The number of fused-ring (bicyclic) bond motifs is 1. The van der Waals surface area contributed by atoms with Crippen LogP contribution in [0, 0.1) is 6.92 Å². The number of rotatable bonds is 4. The van der Waals surface area contributed by atoms with Gasteiger partial charge in [0.2, 0.25) is 0 Å². The van der Waals surface area contributed by atoms with Crippen LogP contribution in [0.15, 0.2) is 36.4 Å². The van der Waals surface area contributed by atoms with E-state index in [1.807, 2.05) is 31.2 Å². The molecular formula is C16H15ClN2OS. The third-order valence-corrected chi connectivity index (χ3v) is 4.85. The summed E-state index contributed by atoms with van der Waals surface area (Å²) >= 11 is 7.83. The summed E-state index contributed by atoms with van der Waals surface area (Å²) in [6, 6.07) is 12.1. The molecule has 1 heterocycles. The smallest absolute Gasteiger partial charge is 0.184 e. The van der Waals surface area contributed by atoms with Gasteiger partial charge in [-0.3, -0.25) is 0 Å². The highest BCUT2D eigenvalue weighted by molar-refractivity contribution is 7.22. The van der Waals surface area contributed by atoms with Crippen molar-refractivity contribution in [2.24, 2.45) is 0 Å². The lowest BCUT2D eigenvalue weighted by atomic mass is 10.2. The van der Waals surface area contributed by atoms with E-state index in [2.05, 4.69) is 22.4 Å². The number of hydrogen-bond donors (Lipinski definition) is 1. The minimum Gasteiger partial charge on any atom is -0.494 e. The number of benzene rings is 2. The first-order chi connectivity index (χ1) is 10.2. The fourth-order valence-electron chi connectivity index (χ4n) is 2.15. The number of anilines is 1. The average molecular weight is 319 g/mol. The van der Waals surface area contributed by atoms with Crippen LogP contribution in [0.2, 0.25) is 5.02 Å². The molecular weight excluding hydrogens is 304 g/mol. The highest BCUT2D eigenvalue weighted by atomic mass is 35.5. The molecule has 0 bridgehead atoms. The molecule has 108 valence electrons. The van der Waals surface area contributed by atoms with E-state index in [0.717, 1.165) is 27.5 Å². The molecule has 3 aromatic rings. The standard InChI is InChI=1S/C16H15ClN2OS/c1-10-12(17)8-13(20-2)14-15(10)21-16(19-14)18-9-11-6-4-3-5-7-11/h3-8H,9H2,1-2H3,(H,18,19). The highest BCUT2D eigenvalue weighted by Crippen LogP contribution is 2.38. The number of ether oxygens (including phenoxy) is 1. The van der Waals surface area contributed by atoms with Gasteiger partial charge in [0.15, 0.2) is 5.13 Å². The molecule has 2 aromatic carbocycles. The van der Waals surface area contributed by atoms with Crippen LogP contribution in [-0.4, -0.2) is 12.1 Å². The van der Waals surface area contributed by atoms with E-state index >= 15 is 0 Å². The molecule has 0 amide bonds. The van der Waals surface area contributed by atoms with E-state index < -0.39 is 0 Å². The largest absolute Gasteiger partial charge is 0.494 e. The molecule has 21 heavy (non-hydrogen) atoms. The lowest BCUT2D eigenvalue weighted by Crippen LogP contribution is -1.98. The van der Waals surface area contributed by atoms with E-state index in [1.165, 1.54) is 5.56 Å². The van der Waals surface area contributed by atoms with Crippen molar-refractivity contribution in [2.45, 2.75) is 13.5 Å². The molecule has 5 heteroatoms. The van der Waals surface area contributed by atoms with Crippen molar-refractivity contribution in [1.29, 1.82) is 0 Å². The molecule has 1 aromatic heterocycles. The summed E-state index contributed by atoms with van der Waals surface area (Å²) in [5.41, 5.74) is 3.12. The van der Waals surface area contributed by atoms with Crippen molar-refractivity contribution in [3.8, 4) is 5.75 Å². The Morgan fingerprint density at radius 2 is 2.05 bits per heavy atom. The van der Waals surface area contributed by atoms with Crippen molar-refractivity contribution in [1.82, 2.24) is 4.98 Å². The first-order valence-electron chi connectivity index (χ1n) is 6.60. The Morgan fingerprint density at radius 1 is 1.29 bits per heavy atom. The van der Waals surface area contributed by atoms with Crippen molar-refractivity contribution < 1.29 is 4.74 Å². The quantitative estimate of drug-likeness (QED) is 0.744. The predicted molar refractivity (Wildman–Crippen MR) is 89.7 cm³/mol. The Morgan fingerprint density at radius 3 is 2.76 bits per heavy atom. The van der Waals surface area contributed by atoms with E-state index in [0.29, 0.717) is 10.8 Å². The zero-order valence-corrected chi connectivity index (χ0v) is 13.4. The van der Waals surface area contributed by atoms with Gasteiger partial charge in [-0.15, -0.1) is 0 Å². The second-order valence-corrected chi connectivity index (χ2v) is 6.13. The number of hydrogen-bond acceptors (Lipinski definition) is 4. The van der Waals surface area contributed by atoms with Gasteiger partial charge in [0.05, 0.1) is 11.8 Å². The summed E-state index contributed by atoms with van der Waals surface area (Å²) in [6.45, 7) is 2.75. The van der Waals surface area contributed by atoms with Crippen LogP contribution in [0.5, 0.6) is 5.75 Å². The van der Waals surface area contributed by atoms with Gasteiger partial charge in [0.25, 0.3) is 0 Å². The van der Waals surface area contributed by atoms with Crippen LogP contribution in [0.25, 0.3) is 10.2 Å². The lowest BCUT2D eigenvalue weighted by Gasteiger charge is -2.04. The topological polar surface area (TPSA) is 34.1 Å². The third kappa shape index (κ3) is 2.82. The van der Waals surface area contributed by atoms with Gasteiger partial charge in [0.1, 0.15) is 11.3 Å². The highest BCUT2D eigenvalue weighted by Gasteiger charge is 2.14. The summed E-state index contributed by atoms with van der Waals surface area (Å²) in [6.07, 6.45) is 0. The van der Waals surface area contributed by atoms with Gasteiger partial charge in [-0.05, 0) is 18.1 Å². The van der Waals surface area contributed by atoms with Crippen LogP contribution in [0.3, 0.4) is 0 Å². The van der Waals surface area contributed by atoms with Gasteiger partial charge < -0.3 is 10.1 Å². The average Bonchev–Trinajstić information content (AvgIpc) is 2.94. The first kappa shape index (κ1) is 14.2. The van der Waals surface area contributed by atoms with Gasteiger partial charge in [0, 0.05) is 17.6 Å². The summed E-state index contributed by atoms with van der Waals surface area (Å²) < 4.78 is 6.44. The molecule has 1 N–H and O–H groups in total. The zero-order valence-electron chi connectivity index (χ0n) is 11.8. The van der Waals surface area contributed by atoms with Crippen LogP contribution >= 0.6 is 22.9 Å². The number of aryl methyl sites for hydroxylation is 1. The first-order valence-corrected chi connectivity index (χ1v) is 7.80. The fraction of sp³-hybridized carbons (Fsp3) is 0.188. The normalized spacial score (nSPS) is 10.8. The zero-order chi connectivity index (χ0) is 14.8. The van der Waals surface area contributed by atoms with E-state index in [1.54, 1.807) is 18.4 Å². The second-order valence-electron chi connectivity index (χ2n) is 4.72. The number of aromatic nitrogens is 1. The maximum absolute atomic E-state index is 6.23. The molecule has 0 fully saturated rings. The molecule has 3 rings (SSSR count). The van der Waals surface area contributed by atoms with Crippen LogP contribution < -0.4 is 10.1 Å². The maximum Gasteiger partial charge on any atom is 0.184 e. The summed E-state index contributed by atoms with van der Waals surface area (Å²) in [5, 5.41) is 4.94. The van der Waals surface area contributed by atoms with Crippen molar-refractivity contribution in [2.75, 3.05) is 12.4 Å². The van der Waals surface area contributed by atoms with Crippen LogP contribution in [0.4, 0.5) is 5.13 Å². The van der Waals surface area contributed by atoms with Crippen molar-refractivity contribution in [3.05, 3.63) is 52.5 Å². The number of thiazole rings is 1. The van der Waals surface area contributed by atoms with Crippen molar-refractivity contribution in [3.63, 3.8) is 0 Å². The molecule has 0 aliphatic rings. The van der Waals surface area contributed by atoms with E-state index in [4.69, 9.17) is 16.3 Å². The summed E-state index contributed by atoms with van der Waals surface area (Å²) in [7, 11) is 1.64. The third-order valence-electron chi connectivity index (χ3n) is 3.32. The summed E-state index contributed by atoms with van der Waals surface area (Å²) in [5.74, 6) is 0.713. The minimum absolute atomic E-state index is 0.706. The Bertz CT molecular complexity index is 771. The minimum atomic E-state index is 0.706. The molecule has 0 saturated heterocycles. The van der Waals surface area contributed by atoms with Gasteiger partial charge in [-0.1, -0.05) is 53.3 Å².